The second kappa shape index (κ2) is 13.8. The Kier molecular flexibility index (Phi) is 10.7. The lowest BCUT2D eigenvalue weighted by Gasteiger charge is -2.33. The normalized spacial score (nSPS) is 12.0. The lowest BCUT2D eigenvalue weighted by molar-refractivity contribution is -0.140. The summed E-state index contributed by atoms with van der Waals surface area (Å²) in [6, 6.07) is 16.6. The zero-order valence-corrected chi connectivity index (χ0v) is 23.9. The lowest BCUT2D eigenvalue weighted by atomic mass is 10.1. The van der Waals surface area contributed by atoms with Gasteiger partial charge in [0.15, 0.2) is 0 Å². The number of anilines is 1. The molecule has 0 aliphatic rings. The monoisotopic (exact) mass is 593 g/mol. The molecule has 208 valence electrons. The fourth-order valence-electron chi connectivity index (χ4n) is 3.98. The van der Waals surface area contributed by atoms with E-state index in [4.69, 9.17) is 23.2 Å². The molecule has 0 bridgehead atoms. The van der Waals surface area contributed by atoms with Crippen LogP contribution in [0.25, 0.3) is 0 Å². The summed E-state index contributed by atoms with van der Waals surface area (Å²) in [7, 11) is -4.27. The number of hydrogen-bond acceptors (Lipinski definition) is 4. The highest BCUT2D eigenvalue weighted by atomic mass is 35.5. The van der Waals surface area contributed by atoms with Crippen LogP contribution in [-0.2, 0) is 26.2 Å². The van der Waals surface area contributed by atoms with Gasteiger partial charge in [0.25, 0.3) is 10.0 Å². The molecule has 0 fully saturated rings. The number of amides is 2. The molecule has 11 heteroatoms. The van der Waals surface area contributed by atoms with E-state index in [0.717, 1.165) is 4.31 Å². The first-order valence-electron chi connectivity index (χ1n) is 12.4. The molecule has 0 saturated heterocycles. The Morgan fingerprint density at radius 2 is 1.64 bits per heavy atom. The van der Waals surface area contributed by atoms with Crippen molar-refractivity contribution in [2.45, 2.75) is 44.2 Å². The third kappa shape index (κ3) is 7.71. The predicted octanol–water partition coefficient (Wildman–Crippen LogP) is 5.66. The summed E-state index contributed by atoms with van der Waals surface area (Å²) in [6.07, 6.45) is 0.969. The van der Waals surface area contributed by atoms with Crippen molar-refractivity contribution in [1.29, 1.82) is 0 Å². The third-order valence-electron chi connectivity index (χ3n) is 5.99. The van der Waals surface area contributed by atoms with Crippen LogP contribution in [0, 0.1) is 5.82 Å². The minimum atomic E-state index is -4.27. The van der Waals surface area contributed by atoms with Crippen molar-refractivity contribution >= 4 is 50.7 Å². The number of sulfonamides is 1. The topological polar surface area (TPSA) is 86.8 Å². The van der Waals surface area contributed by atoms with Crippen LogP contribution in [0.1, 0.15) is 32.3 Å². The van der Waals surface area contributed by atoms with Crippen molar-refractivity contribution in [2.24, 2.45) is 0 Å². The second-order valence-corrected chi connectivity index (χ2v) is 11.5. The first-order valence-corrected chi connectivity index (χ1v) is 14.6. The Morgan fingerprint density at radius 1 is 0.974 bits per heavy atom. The summed E-state index contributed by atoms with van der Waals surface area (Å²) >= 11 is 12.6. The molecule has 0 unspecified atom stereocenters. The van der Waals surface area contributed by atoms with Gasteiger partial charge in [0, 0.05) is 18.1 Å². The van der Waals surface area contributed by atoms with Crippen molar-refractivity contribution in [3.05, 3.63) is 94.2 Å². The highest BCUT2D eigenvalue weighted by Crippen LogP contribution is 2.33. The molecule has 0 heterocycles. The largest absolute Gasteiger partial charge is 0.354 e. The van der Waals surface area contributed by atoms with Crippen LogP contribution in [0.2, 0.25) is 10.0 Å². The molecule has 0 spiro atoms. The van der Waals surface area contributed by atoms with Gasteiger partial charge in [0.05, 0.1) is 15.6 Å². The lowest BCUT2D eigenvalue weighted by Crippen LogP contribution is -2.52. The van der Waals surface area contributed by atoms with Gasteiger partial charge < -0.3 is 10.2 Å². The van der Waals surface area contributed by atoms with Gasteiger partial charge in [-0.05, 0) is 60.9 Å². The van der Waals surface area contributed by atoms with Crippen molar-refractivity contribution < 1.29 is 22.4 Å². The summed E-state index contributed by atoms with van der Waals surface area (Å²) in [5.74, 6) is -1.46. The molecule has 39 heavy (non-hydrogen) atoms. The first kappa shape index (κ1) is 30.4. The first-order chi connectivity index (χ1) is 18.6. The summed E-state index contributed by atoms with van der Waals surface area (Å²) in [6.45, 7) is 3.38. The fourth-order valence-corrected chi connectivity index (χ4v) is 5.86. The minimum Gasteiger partial charge on any atom is -0.354 e. The zero-order chi connectivity index (χ0) is 28.6. The molecule has 2 amide bonds. The Hall–Kier alpha value is -3.14. The smallest absolute Gasteiger partial charge is 0.264 e. The Balaban J connectivity index is 2.07. The number of nitrogens with one attached hydrogen (secondary N) is 1. The van der Waals surface area contributed by atoms with E-state index in [2.05, 4.69) is 5.32 Å². The summed E-state index contributed by atoms with van der Waals surface area (Å²) in [4.78, 5) is 28.3. The number of rotatable bonds is 12. The molecule has 3 aromatic rings. The Labute approximate surface area is 238 Å². The van der Waals surface area contributed by atoms with Gasteiger partial charge >= 0.3 is 0 Å². The van der Waals surface area contributed by atoms with Crippen LogP contribution in [-0.4, -0.2) is 44.3 Å². The molecule has 0 aromatic heterocycles. The molecule has 3 rings (SSSR count). The summed E-state index contributed by atoms with van der Waals surface area (Å²) < 4.78 is 42.0. The third-order valence-corrected chi connectivity index (χ3v) is 8.32. The van der Waals surface area contributed by atoms with Gasteiger partial charge in [0.2, 0.25) is 11.8 Å². The molecular weight excluding hydrogens is 564 g/mol. The van der Waals surface area contributed by atoms with E-state index in [-0.39, 0.29) is 39.5 Å². The summed E-state index contributed by atoms with van der Waals surface area (Å²) in [5, 5.41) is 3.11. The zero-order valence-electron chi connectivity index (χ0n) is 21.6. The quantitative estimate of drug-likeness (QED) is 0.293. The standard InChI is InChI=1S/C28H30Cl2FN3O4S/c1-3-16-32-28(36)25(4-2)33(18-20-10-13-22(31)14-11-20)27(35)19-34(26-17-21(29)12-15-24(26)30)39(37,38)23-8-6-5-7-9-23/h5-15,17,25H,3-4,16,18-19H2,1-2H3,(H,32,36)/t25-/m1/s1. The van der Waals surface area contributed by atoms with Gasteiger partial charge in [0.1, 0.15) is 18.4 Å². The molecule has 0 radical (unpaired) electrons. The van der Waals surface area contributed by atoms with E-state index in [0.29, 0.717) is 18.5 Å². The number of carbonyl (C=O) groups is 2. The number of benzene rings is 3. The predicted molar refractivity (Wildman–Crippen MR) is 152 cm³/mol. The fraction of sp³-hybridized carbons (Fsp3) is 0.286. The van der Waals surface area contributed by atoms with Crippen LogP contribution in [0.15, 0.2) is 77.7 Å². The van der Waals surface area contributed by atoms with Crippen LogP contribution < -0.4 is 9.62 Å². The number of hydrogen-bond donors (Lipinski definition) is 1. The summed E-state index contributed by atoms with van der Waals surface area (Å²) in [5.41, 5.74) is 0.594. The van der Waals surface area contributed by atoms with Crippen LogP contribution >= 0.6 is 23.2 Å². The molecule has 1 atom stereocenters. The van der Waals surface area contributed by atoms with Gasteiger partial charge in [-0.3, -0.25) is 13.9 Å². The number of nitrogens with zero attached hydrogens (tertiary/aromatic N) is 2. The maximum absolute atomic E-state index is 13.9. The van der Waals surface area contributed by atoms with Crippen molar-refractivity contribution in [1.82, 2.24) is 10.2 Å². The van der Waals surface area contributed by atoms with Crippen molar-refractivity contribution in [3.63, 3.8) is 0 Å². The Bertz CT molecular complexity index is 1390. The molecular formula is C28H30Cl2FN3O4S. The SMILES string of the molecule is CCCNC(=O)[C@@H](CC)N(Cc1ccc(F)cc1)C(=O)CN(c1cc(Cl)ccc1Cl)S(=O)(=O)c1ccccc1. The molecule has 1 N–H and O–H groups in total. The Morgan fingerprint density at radius 3 is 2.26 bits per heavy atom. The van der Waals surface area contributed by atoms with E-state index in [1.54, 1.807) is 25.1 Å². The van der Waals surface area contributed by atoms with Gasteiger partial charge in [-0.25, -0.2) is 12.8 Å². The number of carbonyl (C=O) groups excluding carboxylic acids is 2. The van der Waals surface area contributed by atoms with Crippen molar-refractivity contribution in [3.8, 4) is 0 Å². The molecule has 3 aromatic carbocycles. The molecule has 0 aliphatic heterocycles. The van der Waals surface area contributed by atoms with Gasteiger partial charge in [-0.15, -0.1) is 0 Å². The maximum Gasteiger partial charge on any atom is 0.264 e. The average molecular weight is 595 g/mol. The van der Waals surface area contributed by atoms with E-state index < -0.39 is 34.3 Å². The van der Waals surface area contributed by atoms with Crippen molar-refractivity contribution in [2.75, 3.05) is 17.4 Å². The van der Waals surface area contributed by atoms with Gasteiger partial charge in [-0.2, -0.15) is 0 Å². The highest BCUT2D eigenvalue weighted by Gasteiger charge is 2.34. The van der Waals surface area contributed by atoms with Crippen LogP contribution in [0.5, 0.6) is 0 Å². The van der Waals surface area contributed by atoms with E-state index in [1.807, 2.05) is 6.92 Å². The highest BCUT2D eigenvalue weighted by molar-refractivity contribution is 7.92. The van der Waals surface area contributed by atoms with E-state index in [9.17, 15) is 22.4 Å². The second-order valence-electron chi connectivity index (χ2n) is 8.78. The maximum atomic E-state index is 13.9. The van der Waals surface area contributed by atoms with E-state index in [1.165, 1.54) is 59.5 Å². The molecule has 7 nitrogen and oxygen atoms in total. The minimum absolute atomic E-state index is 0.0200. The average Bonchev–Trinajstić information content (AvgIpc) is 2.93. The van der Waals surface area contributed by atoms with Crippen LogP contribution in [0.4, 0.5) is 10.1 Å². The van der Waals surface area contributed by atoms with E-state index >= 15 is 0 Å². The molecule has 0 aliphatic carbocycles. The molecule has 0 saturated carbocycles. The number of halogens is 3. The van der Waals surface area contributed by atoms with Crippen LogP contribution in [0.3, 0.4) is 0 Å². The van der Waals surface area contributed by atoms with Gasteiger partial charge in [-0.1, -0.05) is 67.4 Å².